The first-order chi connectivity index (χ1) is 8.84. The van der Waals surface area contributed by atoms with Crippen molar-refractivity contribution < 1.29 is 13.5 Å². The molecule has 2 atom stereocenters. The SMILES string of the molecule is CCCC(N)C(O)CCc1cccc(S(C)(=O)=O)c1. The molecule has 0 aliphatic carbocycles. The molecule has 1 rings (SSSR count). The van der Waals surface area contributed by atoms with Crippen molar-refractivity contribution in [1.82, 2.24) is 0 Å². The number of aliphatic hydroxyl groups is 1. The summed E-state index contributed by atoms with van der Waals surface area (Å²) in [6, 6.07) is 6.63. The topological polar surface area (TPSA) is 80.4 Å². The third-order valence-electron chi connectivity index (χ3n) is 3.17. The zero-order chi connectivity index (χ0) is 14.5. The molecule has 0 spiro atoms. The molecule has 4 nitrogen and oxygen atoms in total. The Morgan fingerprint density at radius 3 is 2.58 bits per heavy atom. The number of benzene rings is 1. The summed E-state index contributed by atoms with van der Waals surface area (Å²) in [5.41, 5.74) is 6.75. The lowest BCUT2D eigenvalue weighted by Crippen LogP contribution is -2.34. The van der Waals surface area contributed by atoms with Crippen LogP contribution in [0, 0.1) is 0 Å². The molecule has 19 heavy (non-hydrogen) atoms. The van der Waals surface area contributed by atoms with Crippen molar-refractivity contribution >= 4 is 9.84 Å². The first kappa shape index (κ1) is 16.1. The number of rotatable bonds is 7. The van der Waals surface area contributed by atoms with Crippen molar-refractivity contribution in [1.29, 1.82) is 0 Å². The molecule has 3 N–H and O–H groups in total. The molecular weight excluding hydrogens is 262 g/mol. The van der Waals surface area contributed by atoms with Gasteiger partial charge >= 0.3 is 0 Å². The van der Waals surface area contributed by atoms with Crippen LogP contribution in [0.1, 0.15) is 31.7 Å². The lowest BCUT2D eigenvalue weighted by molar-refractivity contribution is 0.131. The minimum atomic E-state index is -3.18. The van der Waals surface area contributed by atoms with E-state index in [1.165, 1.54) is 6.26 Å². The fourth-order valence-corrected chi connectivity index (χ4v) is 2.68. The minimum Gasteiger partial charge on any atom is -0.392 e. The lowest BCUT2D eigenvalue weighted by atomic mass is 10.00. The van der Waals surface area contributed by atoms with Crippen LogP contribution in [-0.2, 0) is 16.3 Å². The van der Waals surface area contributed by atoms with Crippen molar-refractivity contribution in [3.05, 3.63) is 29.8 Å². The van der Waals surface area contributed by atoms with Gasteiger partial charge < -0.3 is 10.8 Å². The number of aliphatic hydroxyl groups excluding tert-OH is 1. The monoisotopic (exact) mass is 285 g/mol. The van der Waals surface area contributed by atoms with Crippen molar-refractivity contribution in [2.75, 3.05) is 6.26 Å². The summed E-state index contributed by atoms with van der Waals surface area (Å²) < 4.78 is 22.9. The summed E-state index contributed by atoms with van der Waals surface area (Å²) in [5, 5.41) is 9.90. The molecule has 1 aromatic carbocycles. The minimum absolute atomic E-state index is 0.205. The molecule has 0 bridgehead atoms. The molecule has 0 aliphatic rings. The number of sulfone groups is 1. The second kappa shape index (κ2) is 7.03. The zero-order valence-electron chi connectivity index (χ0n) is 11.5. The van der Waals surface area contributed by atoms with Crippen LogP contribution in [0.3, 0.4) is 0 Å². The van der Waals surface area contributed by atoms with Gasteiger partial charge in [0, 0.05) is 12.3 Å². The van der Waals surface area contributed by atoms with Crippen molar-refractivity contribution in [3.8, 4) is 0 Å². The van der Waals surface area contributed by atoms with Gasteiger partial charge in [-0.25, -0.2) is 8.42 Å². The molecule has 0 aliphatic heterocycles. The summed E-state index contributed by atoms with van der Waals surface area (Å²) in [6.45, 7) is 2.03. The Balaban J connectivity index is 2.64. The maximum Gasteiger partial charge on any atom is 0.175 e. The number of hydrogen-bond acceptors (Lipinski definition) is 4. The summed E-state index contributed by atoms with van der Waals surface area (Å²) in [5.74, 6) is 0. The van der Waals surface area contributed by atoms with E-state index in [2.05, 4.69) is 0 Å². The van der Waals surface area contributed by atoms with Crippen LogP contribution in [0.2, 0.25) is 0 Å². The molecule has 0 aromatic heterocycles. The van der Waals surface area contributed by atoms with Gasteiger partial charge in [0.2, 0.25) is 0 Å². The Labute approximate surface area is 115 Å². The molecule has 2 unspecified atom stereocenters. The Morgan fingerprint density at radius 2 is 2.00 bits per heavy atom. The fraction of sp³-hybridized carbons (Fsp3) is 0.571. The van der Waals surface area contributed by atoms with Gasteiger partial charge in [0.15, 0.2) is 9.84 Å². The maximum absolute atomic E-state index is 11.4. The highest BCUT2D eigenvalue weighted by atomic mass is 32.2. The molecule has 5 heteroatoms. The predicted molar refractivity (Wildman–Crippen MR) is 76.8 cm³/mol. The summed E-state index contributed by atoms with van der Waals surface area (Å²) in [4.78, 5) is 0.317. The van der Waals surface area contributed by atoms with Gasteiger partial charge in [0.1, 0.15) is 0 Å². The smallest absolute Gasteiger partial charge is 0.175 e. The number of aryl methyl sites for hydroxylation is 1. The van der Waals surface area contributed by atoms with Crippen molar-refractivity contribution in [2.45, 2.75) is 49.6 Å². The molecule has 0 saturated heterocycles. The van der Waals surface area contributed by atoms with Gasteiger partial charge in [-0.3, -0.25) is 0 Å². The Morgan fingerprint density at radius 1 is 1.32 bits per heavy atom. The number of hydrogen-bond donors (Lipinski definition) is 2. The van der Waals surface area contributed by atoms with Crippen molar-refractivity contribution in [3.63, 3.8) is 0 Å². The second-order valence-corrected chi connectivity index (χ2v) is 6.99. The Bertz CT molecular complexity index is 499. The summed E-state index contributed by atoms with van der Waals surface area (Å²) >= 11 is 0. The largest absolute Gasteiger partial charge is 0.392 e. The Hall–Kier alpha value is -0.910. The Kier molecular flexibility index (Phi) is 5.97. The maximum atomic E-state index is 11.4. The van der Waals surface area contributed by atoms with Crippen LogP contribution < -0.4 is 5.73 Å². The van der Waals surface area contributed by atoms with E-state index in [0.29, 0.717) is 17.7 Å². The molecule has 0 amide bonds. The highest BCUT2D eigenvalue weighted by Gasteiger charge is 2.14. The molecule has 0 fully saturated rings. The van der Waals surface area contributed by atoms with E-state index in [-0.39, 0.29) is 6.04 Å². The third kappa shape index (κ3) is 5.30. The normalized spacial score (nSPS) is 15.2. The van der Waals surface area contributed by atoms with E-state index < -0.39 is 15.9 Å². The van der Waals surface area contributed by atoms with Crippen molar-refractivity contribution in [2.24, 2.45) is 5.73 Å². The van der Waals surface area contributed by atoms with Gasteiger partial charge in [-0.15, -0.1) is 0 Å². The fourth-order valence-electron chi connectivity index (χ4n) is 1.99. The highest BCUT2D eigenvalue weighted by molar-refractivity contribution is 7.90. The van der Waals surface area contributed by atoms with Crippen LogP contribution in [0.15, 0.2) is 29.2 Å². The van der Waals surface area contributed by atoms with Crippen LogP contribution >= 0.6 is 0 Å². The highest BCUT2D eigenvalue weighted by Crippen LogP contribution is 2.14. The van der Waals surface area contributed by atoms with Crippen LogP contribution in [0.4, 0.5) is 0 Å². The van der Waals surface area contributed by atoms with Gasteiger partial charge in [-0.05, 0) is 37.0 Å². The molecule has 1 aromatic rings. The lowest BCUT2D eigenvalue weighted by Gasteiger charge is -2.18. The average molecular weight is 285 g/mol. The summed E-state index contributed by atoms with van der Waals surface area (Å²) in [6.07, 6.45) is 3.57. The third-order valence-corrected chi connectivity index (χ3v) is 4.28. The first-order valence-electron chi connectivity index (χ1n) is 6.57. The molecule has 0 saturated carbocycles. The molecule has 108 valence electrons. The first-order valence-corrected chi connectivity index (χ1v) is 8.46. The van der Waals surface area contributed by atoms with Crippen LogP contribution in [-0.4, -0.2) is 31.9 Å². The van der Waals surface area contributed by atoms with E-state index in [9.17, 15) is 13.5 Å². The molecule has 0 heterocycles. The molecule has 0 radical (unpaired) electrons. The average Bonchev–Trinajstić information content (AvgIpc) is 2.35. The van der Waals surface area contributed by atoms with E-state index in [1.807, 2.05) is 13.0 Å². The van der Waals surface area contributed by atoms with Crippen LogP contribution in [0.25, 0.3) is 0 Å². The van der Waals surface area contributed by atoms with E-state index in [1.54, 1.807) is 18.2 Å². The standard InChI is InChI=1S/C14H23NO3S/c1-3-5-13(15)14(16)9-8-11-6-4-7-12(10-11)19(2,17)18/h4,6-7,10,13-14,16H,3,5,8-9,15H2,1-2H3. The summed E-state index contributed by atoms with van der Waals surface area (Å²) in [7, 11) is -3.18. The van der Waals surface area contributed by atoms with E-state index in [0.717, 1.165) is 18.4 Å². The van der Waals surface area contributed by atoms with E-state index in [4.69, 9.17) is 5.73 Å². The zero-order valence-corrected chi connectivity index (χ0v) is 12.4. The quantitative estimate of drug-likeness (QED) is 0.796. The number of nitrogens with two attached hydrogens (primary N) is 1. The second-order valence-electron chi connectivity index (χ2n) is 4.98. The predicted octanol–water partition coefficient (Wildman–Crippen LogP) is 1.51. The van der Waals surface area contributed by atoms with Crippen LogP contribution in [0.5, 0.6) is 0 Å². The van der Waals surface area contributed by atoms with Gasteiger partial charge in [-0.2, -0.15) is 0 Å². The van der Waals surface area contributed by atoms with Gasteiger partial charge in [0.25, 0.3) is 0 Å². The van der Waals surface area contributed by atoms with Gasteiger partial charge in [-0.1, -0.05) is 25.5 Å². The molecular formula is C14H23NO3S. The van der Waals surface area contributed by atoms with E-state index >= 15 is 0 Å². The van der Waals surface area contributed by atoms with Gasteiger partial charge in [0.05, 0.1) is 11.0 Å².